The SMILES string of the molecule is CCOC(=O)c1c(NC(=O)CSc2cccc(NC(=O)c3ccc(OC)c(OC)c3)c2)sc2c1CCC(C)C2. The number of rotatable bonds is 10. The molecule has 1 aromatic heterocycles. The van der Waals surface area contributed by atoms with Crippen LogP contribution in [-0.4, -0.2) is 44.4 Å². The maximum Gasteiger partial charge on any atom is 0.341 e. The summed E-state index contributed by atoms with van der Waals surface area (Å²) in [6.45, 7) is 4.26. The summed E-state index contributed by atoms with van der Waals surface area (Å²) in [5, 5.41) is 6.39. The van der Waals surface area contributed by atoms with Crippen LogP contribution < -0.4 is 20.1 Å². The number of carbonyl (C=O) groups excluding carboxylic acids is 3. The van der Waals surface area contributed by atoms with Crippen molar-refractivity contribution in [3.63, 3.8) is 0 Å². The third-order valence-corrected chi connectivity index (χ3v) is 8.52. The smallest absolute Gasteiger partial charge is 0.341 e. The Morgan fingerprint density at radius 3 is 2.59 bits per heavy atom. The Balaban J connectivity index is 1.40. The fourth-order valence-electron chi connectivity index (χ4n) is 4.41. The fraction of sp³-hybridized carbons (Fsp3) is 0.345. The molecule has 3 aromatic rings. The van der Waals surface area contributed by atoms with Crippen molar-refractivity contribution in [3.05, 3.63) is 64.0 Å². The first-order valence-corrected chi connectivity index (χ1v) is 14.5. The molecular formula is C29H32N2O6S2. The summed E-state index contributed by atoms with van der Waals surface area (Å²) in [6, 6.07) is 12.2. The van der Waals surface area contributed by atoms with E-state index in [2.05, 4.69) is 17.6 Å². The Morgan fingerprint density at radius 2 is 1.85 bits per heavy atom. The summed E-state index contributed by atoms with van der Waals surface area (Å²) >= 11 is 2.82. The maximum atomic E-state index is 12.9. The second-order valence-electron chi connectivity index (χ2n) is 9.16. The van der Waals surface area contributed by atoms with Crippen molar-refractivity contribution in [2.45, 2.75) is 38.0 Å². The number of hydrogen-bond acceptors (Lipinski definition) is 8. The molecule has 206 valence electrons. The number of thiophene rings is 1. The lowest BCUT2D eigenvalue weighted by molar-refractivity contribution is -0.113. The highest BCUT2D eigenvalue weighted by molar-refractivity contribution is 8.00. The Bertz CT molecular complexity index is 1370. The Kier molecular flexibility index (Phi) is 9.53. The van der Waals surface area contributed by atoms with Crippen LogP contribution in [0, 0.1) is 5.92 Å². The topological polar surface area (TPSA) is 103 Å². The van der Waals surface area contributed by atoms with Gasteiger partial charge in [-0.25, -0.2) is 4.79 Å². The van der Waals surface area contributed by atoms with Crippen LogP contribution in [0.25, 0.3) is 0 Å². The van der Waals surface area contributed by atoms with Crippen molar-refractivity contribution < 1.29 is 28.6 Å². The molecule has 10 heteroatoms. The lowest BCUT2D eigenvalue weighted by Crippen LogP contribution is -2.17. The van der Waals surface area contributed by atoms with E-state index in [-0.39, 0.29) is 30.1 Å². The minimum atomic E-state index is -0.384. The van der Waals surface area contributed by atoms with Gasteiger partial charge < -0.3 is 24.8 Å². The van der Waals surface area contributed by atoms with Gasteiger partial charge in [-0.2, -0.15) is 0 Å². The van der Waals surface area contributed by atoms with Gasteiger partial charge in [-0.1, -0.05) is 13.0 Å². The first kappa shape index (κ1) is 28.5. The maximum absolute atomic E-state index is 12.9. The number of anilines is 2. The molecule has 1 aliphatic rings. The van der Waals surface area contributed by atoms with Crippen molar-refractivity contribution in [2.24, 2.45) is 5.92 Å². The standard InChI is InChI=1S/C29H32N2O6S2/c1-5-37-29(34)26-21-11-9-17(2)13-24(21)39-28(26)31-25(32)16-38-20-8-6-7-19(15-20)30-27(33)18-10-12-22(35-3)23(14-18)36-4/h6-8,10,12,14-15,17H,5,9,11,13,16H2,1-4H3,(H,30,33)(H,31,32). The molecule has 1 aliphatic carbocycles. The summed E-state index contributed by atoms with van der Waals surface area (Å²) in [7, 11) is 3.05. The van der Waals surface area contributed by atoms with E-state index in [9.17, 15) is 14.4 Å². The number of amides is 2. The molecule has 0 saturated heterocycles. The second kappa shape index (κ2) is 13.0. The van der Waals surface area contributed by atoms with Crippen LogP contribution >= 0.6 is 23.1 Å². The van der Waals surface area contributed by atoms with E-state index in [4.69, 9.17) is 14.2 Å². The summed E-state index contributed by atoms with van der Waals surface area (Å²) in [4.78, 5) is 40.4. The number of hydrogen-bond donors (Lipinski definition) is 2. The summed E-state index contributed by atoms with van der Waals surface area (Å²) < 4.78 is 15.8. The zero-order chi connectivity index (χ0) is 27.9. The van der Waals surface area contributed by atoms with E-state index < -0.39 is 0 Å². The van der Waals surface area contributed by atoms with Crippen molar-refractivity contribution in [3.8, 4) is 11.5 Å². The molecule has 2 aromatic carbocycles. The molecule has 8 nitrogen and oxygen atoms in total. The molecule has 1 unspecified atom stereocenters. The summed E-state index contributed by atoms with van der Waals surface area (Å²) in [5.41, 5.74) is 2.54. The van der Waals surface area contributed by atoms with Gasteiger partial charge in [0.1, 0.15) is 5.00 Å². The molecule has 0 spiro atoms. The molecule has 0 bridgehead atoms. The molecule has 0 saturated carbocycles. The van der Waals surface area contributed by atoms with Crippen molar-refractivity contribution in [1.29, 1.82) is 0 Å². The van der Waals surface area contributed by atoms with Gasteiger partial charge in [0.05, 0.1) is 32.1 Å². The average molecular weight is 569 g/mol. The van der Waals surface area contributed by atoms with Gasteiger partial charge in [-0.3, -0.25) is 9.59 Å². The Hall–Kier alpha value is -3.50. The predicted octanol–water partition coefficient (Wildman–Crippen LogP) is 6.05. The minimum Gasteiger partial charge on any atom is -0.493 e. The lowest BCUT2D eigenvalue weighted by atomic mass is 9.88. The van der Waals surface area contributed by atoms with Crippen LogP contribution in [0.3, 0.4) is 0 Å². The molecule has 4 rings (SSSR count). The summed E-state index contributed by atoms with van der Waals surface area (Å²) in [5.74, 6) is 0.810. The highest BCUT2D eigenvalue weighted by atomic mass is 32.2. The van der Waals surface area contributed by atoms with Crippen molar-refractivity contribution in [1.82, 2.24) is 0 Å². The average Bonchev–Trinajstić information content (AvgIpc) is 3.28. The zero-order valence-corrected chi connectivity index (χ0v) is 24.1. The number of benzene rings is 2. The lowest BCUT2D eigenvalue weighted by Gasteiger charge is -2.18. The number of fused-ring (bicyclic) bond motifs is 1. The largest absolute Gasteiger partial charge is 0.493 e. The Labute approximate surface area is 236 Å². The minimum absolute atomic E-state index is 0.147. The Morgan fingerprint density at radius 1 is 1.05 bits per heavy atom. The van der Waals surface area contributed by atoms with Gasteiger partial charge in [-0.15, -0.1) is 23.1 Å². The van der Waals surface area contributed by atoms with Crippen LogP contribution in [0.15, 0.2) is 47.4 Å². The first-order valence-electron chi connectivity index (χ1n) is 12.7. The number of nitrogens with one attached hydrogen (secondary N) is 2. The van der Waals surface area contributed by atoms with E-state index >= 15 is 0 Å². The van der Waals surface area contributed by atoms with E-state index in [1.807, 2.05) is 18.2 Å². The fourth-order valence-corrected chi connectivity index (χ4v) is 6.58. The number of methoxy groups -OCH3 is 2. The van der Waals surface area contributed by atoms with Crippen molar-refractivity contribution in [2.75, 3.05) is 37.2 Å². The molecule has 1 atom stereocenters. The van der Waals surface area contributed by atoms with E-state index in [1.165, 1.54) is 37.3 Å². The van der Waals surface area contributed by atoms with Crippen LogP contribution in [0.1, 0.15) is 51.4 Å². The van der Waals surface area contributed by atoms with E-state index in [0.29, 0.717) is 39.2 Å². The molecule has 2 N–H and O–H groups in total. The third-order valence-electron chi connectivity index (χ3n) is 6.35. The van der Waals surface area contributed by atoms with Crippen LogP contribution in [0.5, 0.6) is 11.5 Å². The van der Waals surface area contributed by atoms with Gasteiger partial charge in [0.25, 0.3) is 5.91 Å². The molecule has 0 aliphatic heterocycles. The number of carbonyl (C=O) groups is 3. The number of ether oxygens (including phenoxy) is 3. The highest BCUT2D eigenvalue weighted by Crippen LogP contribution is 2.40. The van der Waals surface area contributed by atoms with Gasteiger partial charge in [0.2, 0.25) is 5.91 Å². The molecular weight excluding hydrogens is 536 g/mol. The van der Waals surface area contributed by atoms with Crippen LogP contribution in [-0.2, 0) is 22.4 Å². The number of esters is 1. The van der Waals surface area contributed by atoms with E-state index in [1.54, 1.807) is 31.2 Å². The van der Waals surface area contributed by atoms with Gasteiger partial charge in [-0.05, 0) is 74.1 Å². The van der Waals surface area contributed by atoms with Gasteiger partial charge in [0.15, 0.2) is 11.5 Å². The molecule has 0 radical (unpaired) electrons. The summed E-state index contributed by atoms with van der Waals surface area (Å²) in [6.07, 6.45) is 2.73. The molecule has 0 fully saturated rings. The second-order valence-corrected chi connectivity index (χ2v) is 11.3. The van der Waals surface area contributed by atoms with Crippen LogP contribution in [0.2, 0.25) is 0 Å². The number of thioether (sulfide) groups is 1. The monoisotopic (exact) mass is 568 g/mol. The first-order chi connectivity index (χ1) is 18.8. The van der Waals surface area contributed by atoms with E-state index in [0.717, 1.165) is 34.6 Å². The molecule has 1 heterocycles. The predicted molar refractivity (Wildman–Crippen MR) is 155 cm³/mol. The zero-order valence-electron chi connectivity index (χ0n) is 22.4. The molecule has 39 heavy (non-hydrogen) atoms. The highest BCUT2D eigenvalue weighted by Gasteiger charge is 2.29. The molecule has 2 amide bonds. The van der Waals surface area contributed by atoms with Gasteiger partial charge >= 0.3 is 5.97 Å². The van der Waals surface area contributed by atoms with Crippen LogP contribution in [0.4, 0.5) is 10.7 Å². The quantitative estimate of drug-likeness (QED) is 0.227. The third kappa shape index (κ3) is 6.93. The normalized spacial score (nSPS) is 14.2. The van der Waals surface area contributed by atoms with Gasteiger partial charge in [0, 0.05) is 21.0 Å². The van der Waals surface area contributed by atoms with Crippen molar-refractivity contribution >= 4 is 51.6 Å².